The molecule has 0 fully saturated rings. The number of amides is 1. The van der Waals surface area contributed by atoms with Gasteiger partial charge in [0.05, 0.1) is 13.1 Å². The second-order valence-corrected chi connectivity index (χ2v) is 7.05. The molecule has 2 rings (SSSR count). The highest BCUT2D eigenvalue weighted by atomic mass is 127. The molecule has 30 heavy (non-hydrogen) atoms. The number of aliphatic imine (C=N–C) groups is 1. The summed E-state index contributed by atoms with van der Waals surface area (Å²) in [6, 6.07) is 9.16. The van der Waals surface area contributed by atoms with Crippen molar-refractivity contribution >= 4 is 35.8 Å². The van der Waals surface area contributed by atoms with E-state index >= 15 is 0 Å². The van der Waals surface area contributed by atoms with E-state index in [-0.39, 0.29) is 37.1 Å². The number of rotatable bonds is 9. The van der Waals surface area contributed by atoms with Crippen molar-refractivity contribution in [2.75, 3.05) is 19.7 Å². The third-order valence-electron chi connectivity index (χ3n) is 4.26. The first kappa shape index (κ1) is 25.8. The molecule has 1 unspecified atom stereocenters. The van der Waals surface area contributed by atoms with Crippen LogP contribution in [0, 0.1) is 13.8 Å². The highest BCUT2D eigenvalue weighted by molar-refractivity contribution is 14.0. The molecule has 0 saturated carbocycles. The van der Waals surface area contributed by atoms with Gasteiger partial charge in [-0.05, 0) is 51.5 Å². The van der Waals surface area contributed by atoms with Crippen LogP contribution in [0.5, 0.6) is 5.75 Å². The summed E-state index contributed by atoms with van der Waals surface area (Å²) in [5.74, 6) is 2.07. The highest BCUT2D eigenvalue weighted by Crippen LogP contribution is 2.26. The van der Waals surface area contributed by atoms with Gasteiger partial charge >= 0.3 is 0 Å². The van der Waals surface area contributed by atoms with Gasteiger partial charge in [0.2, 0.25) is 0 Å². The molecule has 0 aliphatic carbocycles. The SMILES string of the molecule is CCNC(=NCc1cccc(OCC(N)=O)c1)NCC(C)(O)c1cc(C)oc1C.I. The first-order chi connectivity index (χ1) is 13.7. The lowest BCUT2D eigenvalue weighted by molar-refractivity contribution is -0.119. The number of ether oxygens (including phenoxy) is 1. The van der Waals surface area contributed by atoms with Gasteiger partial charge < -0.3 is 30.6 Å². The van der Waals surface area contributed by atoms with Crippen LogP contribution in [0.2, 0.25) is 0 Å². The van der Waals surface area contributed by atoms with E-state index in [0.717, 1.165) is 16.9 Å². The minimum absolute atomic E-state index is 0. The fraction of sp³-hybridized carbons (Fsp3) is 0.429. The number of hydrogen-bond acceptors (Lipinski definition) is 5. The number of halogens is 1. The average Bonchev–Trinajstić information content (AvgIpc) is 3.02. The molecule has 5 N–H and O–H groups in total. The van der Waals surface area contributed by atoms with E-state index in [1.807, 2.05) is 45.0 Å². The minimum atomic E-state index is -1.11. The average molecular weight is 530 g/mol. The Hall–Kier alpha value is -2.27. The number of carbonyl (C=O) groups is 1. The number of nitrogens with one attached hydrogen (secondary N) is 2. The van der Waals surface area contributed by atoms with Crippen LogP contribution >= 0.6 is 24.0 Å². The number of carbonyl (C=O) groups excluding carboxylic acids is 1. The Labute approximate surface area is 194 Å². The van der Waals surface area contributed by atoms with Gasteiger partial charge in [0.1, 0.15) is 22.9 Å². The van der Waals surface area contributed by atoms with Crippen molar-refractivity contribution in [3.8, 4) is 5.75 Å². The van der Waals surface area contributed by atoms with E-state index in [1.165, 1.54) is 0 Å². The van der Waals surface area contributed by atoms with E-state index < -0.39 is 11.5 Å². The Morgan fingerprint density at radius 1 is 1.30 bits per heavy atom. The summed E-state index contributed by atoms with van der Waals surface area (Å²) in [4.78, 5) is 15.4. The molecular formula is C21H31IN4O4. The predicted molar refractivity (Wildman–Crippen MR) is 127 cm³/mol. The van der Waals surface area contributed by atoms with Crippen molar-refractivity contribution in [3.05, 3.63) is 53.0 Å². The summed E-state index contributed by atoms with van der Waals surface area (Å²) in [5, 5.41) is 17.2. The summed E-state index contributed by atoms with van der Waals surface area (Å²) < 4.78 is 10.9. The molecule has 166 valence electrons. The predicted octanol–water partition coefficient (Wildman–Crippen LogP) is 2.34. The summed E-state index contributed by atoms with van der Waals surface area (Å²) in [7, 11) is 0. The van der Waals surface area contributed by atoms with Crippen molar-refractivity contribution in [1.82, 2.24) is 10.6 Å². The van der Waals surface area contributed by atoms with Crippen LogP contribution < -0.4 is 21.1 Å². The third kappa shape index (κ3) is 7.86. The van der Waals surface area contributed by atoms with Crippen LogP contribution in [0.1, 0.15) is 36.5 Å². The van der Waals surface area contributed by atoms with Crippen molar-refractivity contribution in [1.29, 1.82) is 0 Å². The second-order valence-electron chi connectivity index (χ2n) is 7.05. The molecule has 0 radical (unpaired) electrons. The fourth-order valence-corrected chi connectivity index (χ4v) is 2.92. The van der Waals surface area contributed by atoms with Crippen molar-refractivity contribution in [2.24, 2.45) is 10.7 Å². The van der Waals surface area contributed by atoms with Crippen LogP contribution in [0.15, 0.2) is 39.7 Å². The Morgan fingerprint density at radius 2 is 2.03 bits per heavy atom. The van der Waals surface area contributed by atoms with Crippen molar-refractivity contribution in [2.45, 2.75) is 39.8 Å². The second kappa shape index (κ2) is 11.8. The number of aliphatic hydroxyl groups is 1. The quantitative estimate of drug-likeness (QED) is 0.224. The Balaban J connectivity index is 0.00000450. The molecule has 0 spiro atoms. The maximum Gasteiger partial charge on any atom is 0.255 e. The number of aryl methyl sites for hydroxylation is 2. The molecule has 2 aromatic rings. The maximum atomic E-state index is 10.9. The van der Waals surface area contributed by atoms with E-state index in [1.54, 1.807) is 13.0 Å². The van der Waals surface area contributed by atoms with E-state index in [0.29, 0.717) is 30.6 Å². The lowest BCUT2D eigenvalue weighted by atomic mass is 9.96. The lowest BCUT2D eigenvalue weighted by Crippen LogP contribution is -2.44. The van der Waals surface area contributed by atoms with Gasteiger partial charge in [0, 0.05) is 12.1 Å². The van der Waals surface area contributed by atoms with E-state index in [9.17, 15) is 9.90 Å². The molecular weight excluding hydrogens is 499 g/mol. The molecule has 9 heteroatoms. The van der Waals surface area contributed by atoms with Gasteiger partial charge in [-0.2, -0.15) is 0 Å². The Bertz CT molecular complexity index is 864. The number of furan rings is 1. The third-order valence-corrected chi connectivity index (χ3v) is 4.26. The Morgan fingerprint density at radius 3 is 2.63 bits per heavy atom. The number of primary amides is 1. The van der Waals surface area contributed by atoms with Crippen LogP contribution in [0.25, 0.3) is 0 Å². The fourth-order valence-electron chi connectivity index (χ4n) is 2.92. The van der Waals surface area contributed by atoms with Crippen LogP contribution in [-0.2, 0) is 16.9 Å². The molecule has 1 atom stereocenters. The van der Waals surface area contributed by atoms with Gasteiger partial charge in [0.15, 0.2) is 12.6 Å². The summed E-state index contributed by atoms with van der Waals surface area (Å²) >= 11 is 0. The first-order valence-electron chi connectivity index (χ1n) is 9.53. The molecule has 1 aromatic carbocycles. The van der Waals surface area contributed by atoms with Crippen molar-refractivity contribution in [3.63, 3.8) is 0 Å². The summed E-state index contributed by atoms with van der Waals surface area (Å²) in [6.07, 6.45) is 0. The molecule has 8 nitrogen and oxygen atoms in total. The van der Waals surface area contributed by atoms with Crippen LogP contribution in [0.4, 0.5) is 0 Å². The van der Waals surface area contributed by atoms with Crippen LogP contribution in [-0.4, -0.2) is 36.7 Å². The normalized spacial score (nSPS) is 13.2. The molecule has 0 bridgehead atoms. The van der Waals surface area contributed by atoms with E-state index in [4.69, 9.17) is 14.9 Å². The topological polar surface area (TPSA) is 122 Å². The largest absolute Gasteiger partial charge is 0.484 e. The van der Waals surface area contributed by atoms with Gasteiger partial charge in [-0.3, -0.25) is 4.79 Å². The zero-order chi connectivity index (χ0) is 21.4. The zero-order valence-corrected chi connectivity index (χ0v) is 20.2. The molecule has 0 aliphatic rings. The Kier molecular flexibility index (Phi) is 10.1. The minimum Gasteiger partial charge on any atom is -0.484 e. The first-order valence-corrected chi connectivity index (χ1v) is 9.53. The zero-order valence-electron chi connectivity index (χ0n) is 17.8. The monoisotopic (exact) mass is 530 g/mol. The summed E-state index contributed by atoms with van der Waals surface area (Å²) in [5.41, 5.74) is 5.65. The van der Waals surface area contributed by atoms with E-state index in [2.05, 4.69) is 15.6 Å². The summed E-state index contributed by atoms with van der Waals surface area (Å²) in [6.45, 7) is 8.57. The van der Waals surface area contributed by atoms with Crippen molar-refractivity contribution < 1.29 is 19.1 Å². The highest BCUT2D eigenvalue weighted by Gasteiger charge is 2.27. The molecule has 1 heterocycles. The smallest absolute Gasteiger partial charge is 0.255 e. The molecule has 0 saturated heterocycles. The van der Waals surface area contributed by atoms with Gasteiger partial charge in [-0.25, -0.2) is 4.99 Å². The number of benzene rings is 1. The molecule has 1 amide bonds. The van der Waals surface area contributed by atoms with Crippen LogP contribution in [0.3, 0.4) is 0 Å². The number of hydrogen-bond donors (Lipinski definition) is 4. The van der Waals surface area contributed by atoms with Gasteiger partial charge in [-0.1, -0.05) is 12.1 Å². The maximum absolute atomic E-state index is 10.9. The number of guanidine groups is 1. The standard InChI is InChI=1S/C21H30N4O4.HI/c1-5-23-20(25-13-21(4,27)18-9-14(2)29-15(18)3)24-11-16-7-6-8-17(10-16)28-12-19(22)26;/h6-10,27H,5,11-13H2,1-4H3,(H2,22,26)(H2,23,24,25);1H. The molecule has 0 aliphatic heterocycles. The number of nitrogens with zero attached hydrogens (tertiary/aromatic N) is 1. The number of nitrogens with two attached hydrogens (primary N) is 1. The van der Waals surface area contributed by atoms with Gasteiger partial charge in [-0.15, -0.1) is 24.0 Å². The van der Waals surface area contributed by atoms with Gasteiger partial charge in [0.25, 0.3) is 5.91 Å². The molecule has 1 aromatic heterocycles. The lowest BCUT2D eigenvalue weighted by Gasteiger charge is -2.24.